The number of nitrogens with zero attached hydrogens (tertiary/aromatic N) is 2. The molecule has 6 heteroatoms. The number of hydrogen-bond acceptors (Lipinski definition) is 5. The average molecular weight is 271 g/mol. The van der Waals surface area contributed by atoms with Gasteiger partial charge in [-0.15, -0.1) is 0 Å². The van der Waals surface area contributed by atoms with E-state index < -0.39 is 0 Å². The summed E-state index contributed by atoms with van der Waals surface area (Å²) in [4.78, 5) is 4.20. The van der Waals surface area contributed by atoms with Gasteiger partial charge in [-0.05, 0) is 24.0 Å². The molecule has 2 aromatic rings. The molecular formula is C11H11ClN2O2S. The Morgan fingerprint density at radius 3 is 3.06 bits per heavy atom. The molecule has 4 nitrogen and oxygen atoms in total. The Labute approximate surface area is 108 Å². The van der Waals surface area contributed by atoms with Gasteiger partial charge >= 0.3 is 0 Å². The summed E-state index contributed by atoms with van der Waals surface area (Å²) < 4.78 is 5.09. The lowest BCUT2D eigenvalue weighted by Gasteiger charge is -1.98. The van der Waals surface area contributed by atoms with Gasteiger partial charge in [-0.1, -0.05) is 23.7 Å². The van der Waals surface area contributed by atoms with E-state index in [0.29, 0.717) is 22.2 Å². The van der Waals surface area contributed by atoms with E-state index in [1.807, 2.05) is 0 Å². The number of hydrogen-bond donors (Lipinski definition) is 1. The predicted octanol–water partition coefficient (Wildman–Crippen LogP) is 3.35. The summed E-state index contributed by atoms with van der Waals surface area (Å²) in [5.74, 6) is 2.67. The van der Waals surface area contributed by atoms with E-state index in [-0.39, 0.29) is 11.6 Å². The maximum Gasteiger partial charge on any atom is 0.261 e. The van der Waals surface area contributed by atoms with Crippen molar-refractivity contribution in [3.05, 3.63) is 29.0 Å². The highest BCUT2D eigenvalue weighted by molar-refractivity contribution is 7.98. The molecule has 90 valence electrons. The highest BCUT2D eigenvalue weighted by atomic mass is 35.5. The second kappa shape index (κ2) is 5.42. The van der Waals surface area contributed by atoms with Crippen molar-refractivity contribution in [2.75, 3.05) is 5.75 Å². The van der Waals surface area contributed by atoms with Crippen molar-refractivity contribution in [2.45, 2.75) is 12.7 Å². The van der Waals surface area contributed by atoms with Gasteiger partial charge in [0.25, 0.3) is 5.89 Å². The van der Waals surface area contributed by atoms with Crippen LogP contribution >= 0.6 is 23.4 Å². The summed E-state index contributed by atoms with van der Waals surface area (Å²) in [5.41, 5.74) is 0.456. The number of phenols is 1. The Morgan fingerprint density at radius 1 is 1.47 bits per heavy atom. The minimum atomic E-state index is 0.0766. The fourth-order valence-corrected chi connectivity index (χ4v) is 1.97. The summed E-state index contributed by atoms with van der Waals surface area (Å²) in [6, 6.07) is 4.70. The van der Waals surface area contributed by atoms with Gasteiger partial charge in [0.05, 0.1) is 11.3 Å². The van der Waals surface area contributed by atoms with Gasteiger partial charge in [0.1, 0.15) is 5.75 Å². The van der Waals surface area contributed by atoms with Gasteiger partial charge in [0.15, 0.2) is 5.82 Å². The van der Waals surface area contributed by atoms with E-state index in [4.69, 9.17) is 16.1 Å². The van der Waals surface area contributed by atoms with Gasteiger partial charge in [-0.3, -0.25) is 0 Å². The second-order valence-electron chi connectivity index (χ2n) is 3.31. The molecule has 0 spiro atoms. The van der Waals surface area contributed by atoms with Crippen LogP contribution < -0.4 is 0 Å². The SMILES string of the molecule is CCSCc1noc(-c2cc(Cl)ccc2O)n1. The number of benzene rings is 1. The first-order valence-electron chi connectivity index (χ1n) is 5.10. The van der Waals surface area contributed by atoms with Crippen LogP contribution in [0.3, 0.4) is 0 Å². The third-order valence-electron chi connectivity index (χ3n) is 2.09. The topological polar surface area (TPSA) is 59.2 Å². The van der Waals surface area contributed by atoms with Gasteiger partial charge < -0.3 is 9.63 Å². The fourth-order valence-electron chi connectivity index (χ4n) is 1.29. The summed E-state index contributed by atoms with van der Waals surface area (Å²) in [5, 5.41) is 14.0. The molecule has 0 unspecified atom stereocenters. The lowest BCUT2D eigenvalue weighted by atomic mass is 10.2. The molecule has 0 fully saturated rings. The van der Waals surface area contributed by atoms with E-state index in [1.165, 1.54) is 6.07 Å². The summed E-state index contributed by atoms with van der Waals surface area (Å²) in [6.07, 6.45) is 0. The number of thioether (sulfide) groups is 1. The molecule has 0 saturated carbocycles. The van der Waals surface area contributed by atoms with Crippen LogP contribution in [0.5, 0.6) is 5.75 Å². The molecule has 0 saturated heterocycles. The van der Waals surface area contributed by atoms with Crippen molar-refractivity contribution < 1.29 is 9.63 Å². The minimum Gasteiger partial charge on any atom is -0.507 e. The molecule has 0 amide bonds. The van der Waals surface area contributed by atoms with Crippen LogP contribution in [0.1, 0.15) is 12.7 Å². The van der Waals surface area contributed by atoms with Crippen molar-refractivity contribution in [3.8, 4) is 17.2 Å². The van der Waals surface area contributed by atoms with Crippen molar-refractivity contribution >= 4 is 23.4 Å². The summed E-state index contributed by atoms with van der Waals surface area (Å²) >= 11 is 7.56. The average Bonchev–Trinajstić information content (AvgIpc) is 2.78. The van der Waals surface area contributed by atoms with Crippen LogP contribution in [0.15, 0.2) is 22.7 Å². The smallest absolute Gasteiger partial charge is 0.261 e. The Balaban J connectivity index is 2.27. The highest BCUT2D eigenvalue weighted by Gasteiger charge is 2.13. The molecule has 2 rings (SSSR count). The number of halogens is 1. The predicted molar refractivity (Wildman–Crippen MR) is 68.2 cm³/mol. The van der Waals surface area contributed by atoms with Crippen LogP contribution in [0, 0.1) is 0 Å². The van der Waals surface area contributed by atoms with Crippen LogP contribution in [0.4, 0.5) is 0 Å². The zero-order chi connectivity index (χ0) is 12.3. The maximum absolute atomic E-state index is 9.68. The number of phenolic OH excluding ortho intramolecular Hbond substituents is 1. The quantitative estimate of drug-likeness (QED) is 0.923. The lowest BCUT2D eigenvalue weighted by molar-refractivity contribution is 0.419. The largest absolute Gasteiger partial charge is 0.507 e. The molecule has 1 aromatic heterocycles. The maximum atomic E-state index is 9.68. The Morgan fingerprint density at radius 2 is 2.29 bits per heavy atom. The first-order valence-corrected chi connectivity index (χ1v) is 6.63. The normalized spacial score (nSPS) is 10.7. The van der Waals surface area contributed by atoms with E-state index >= 15 is 0 Å². The minimum absolute atomic E-state index is 0.0766. The first-order chi connectivity index (χ1) is 8.20. The zero-order valence-corrected chi connectivity index (χ0v) is 10.8. The number of rotatable bonds is 4. The highest BCUT2D eigenvalue weighted by Crippen LogP contribution is 2.30. The van der Waals surface area contributed by atoms with Crippen molar-refractivity contribution in [3.63, 3.8) is 0 Å². The standard InChI is InChI=1S/C11H11ClN2O2S/c1-2-17-6-10-13-11(16-14-10)8-5-7(12)3-4-9(8)15/h3-5,15H,2,6H2,1H3. The first kappa shape index (κ1) is 12.3. The molecule has 17 heavy (non-hydrogen) atoms. The fraction of sp³-hybridized carbons (Fsp3) is 0.273. The molecule has 0 aliphatic heterocycles. The summed E-state index contributed by atoms with van der Waals surface area (Å²) in [6.45, 7) is 2.06. The van der Waals surface area contributed by atoms with Crippen LogP contribution in [-0.4, -0.2) is 21.0 Å². The number of aromatic nitrogens is 2. The molecule has 1 N–H and O–H groups in total. The van der Waals surface area contributed by atoms with Gasteiger partial charge in [-0.2, -0.15) is 16.7 Å². The van der Waals surface area contributed by atoms with Gasteiger partial charge in [-0.25, -0.2) is 0 Å². The molecule has 0 bridgehead atoms. The third-order valence-corrected chi connectivity index (χ3v) is 3.20. The van der Waals surface area contributed by atoms with E-state index in [0.717, 1.165) is 5.75 Å². The third kappa shape index (κ3) is 2.92. The van der Waals surface area contributed by atoms with E-state index in [2.05, 4.69) is 17.1 Å². The molecule has 0 atom stereocenters. The Bertz CT molecular complexity index is 516. The Hall–Kier alpha value is -1.20. The van der Waals surface area contributed by atoms with E-state index in [1.54, 1.807) is 23.9 Å². The summed E-state index contributed by atoms with van der Waals surface area (Å²) in [7, 11) is 0. The number of aromatic hydroxyl groups is 1. The lowest BCUT2D eigenvalue weighted by Crippen LogP contribution is -1.84. The van der Waals surface area contributed by atoms with Gasteiger partial charge in [0, 0.05) is 5.02 Å². The van der Waals surface area contributed by atoms with Crippen LogP contribution in [0.25, 0.3) is 11.5 Å². The molecule has 0 aliphatic rings. The molecule has 0 radical (unpaired) electrons. The zero-order valence-electron chi connectivity index (χ0n) is 9.18. The van der Waals surface area contributed by atoms with Crippen molar-refractivity contribution in [1.29, 1.82) is 0 Å². The van der Waals surface area contributed by atoms with Crippen LogP contribution in [0.2, 0.25) is 5.02 Å². The molecular weight excluding hydrogens is 260 g/mol. The molecule has 1 heterocycles. The van der Waals surface area contributed by atoms with Crippen molar-refractivity contribution in [2.24, 2.45) is 0 Å². The molecule has 1 aromatic carbocycles. The van der Waals surface area contributed by atoms with E-state index in [9.17, 15) is 5.11 Å². The second-order valence-corrected chi connectivity index (χ2v) is 5.03. The Kier molecular flexibility index (Phi) is 3.91. The van der Waals surface area contributed by atoms with Crippen molar-refractivity contribution in [1.82, 2.24) is 10.1 Å². The van der Waals surface area contributed by atoms with Crippen LogP contribution in [-0.2, 0) is 5.75 Å². The van der Waals surface area contributed by atoms with Gasteiger partial charge in [0.2, 0.25) is 0 Å². The molecule has 0 aliphatic carbocycles. The monoisotopic (exact) mass is 270 g/mol.